The molecule has 3 aliphatic rings. The fraction of sp³-hybridized carbons (Fsp3) is 0.917. The van der Waals surface area contributed by atoms with Crippen molar-refractivity contribution < 1.29 is 14.6 Å². The summed E-state index contributed by atoms with van der Waals surface area (Å²) in [5.41, 5.74) is -0.885. The van der Waals surface area contributed by atoms with Gasteiger partial charge in [-0.05, 0) is 33.6 Å². The summed E-state index contributed by atoms with van der Waals surface area (Å²) in [6.07, 6.45) is 1.52. The molecule has 3 rings (SSSR count). The molecule has 0 amide bonds. The summed E-state index contributed by atoms with van der Waals surface area (Å²) in [5, 5.41) is 12.5. The smallest absolute Gasteiger partial charge is 0.313 e. The lowest BCUT2D eigenvalue weighted by atomic mass is 9.50. The van der Waals surface area contributed by atoms with Crippen molar-refractivity contribution in [2.24, 2.45) is 10.8 Å². The molecule has 0 aromatic heterocycles. The molecule has 0 aromatic carbocycles. The molecule has 1 aliphatic carbocycles. The number of piperidine rings is 2. The number of aliphatic hydroxyl groups excluding tert-OH is 1. The van der Waals surface area contributed by atoms with E-state index in [-0.39, 0.29) is 23.4 Å². The molecule has 92 valence electrons. The maximum absolute atomic E-state index is 12.1. The van der Waals surface area contributed by atoms with Crippen molar-refractivity contribution in [3.8, 4) is 0 Å². The highest BCUT2D eigenvalue weighted by atomic mass is 16.6. The number of carbonyl (C=O) groups is 1. The van der Waals surface area contributed by atoms with Crippen LogP contribution in [0.25, 0.3) is 0 Å². The molecule has 16 heavy (non-hydrogen) atoms. The van der Waals surface area contributed by atoms with Crippen molar-refractivity contribution >= 4 is 5.97 Å². The van der Waals surface area contributed by atoms with Gasteiger partial charge in [0, 0.05) is 25.1 Å². The van der Waals surface area contributed by atoms with Gasteiger partial charge in [-0.1, -0.05) is 0 Å². The Bertz CT molecular complexity index is 300. The van der Waals surface area contributed by atoms with Crippen LogP contribution in [0.2, 0.25) is 0 Å². The van der Waals surface area contributed by atoms with E-state index in [2.05, 4.69) is 5.32 Å². The molecule has 1 saturated carbocycles. The van der Waals surface area contributed by atoms with E-state index in [0.29, 0.717) is 6.54 Å². The van der Waals surface area contributed by atoms with Gasteiger partial charge in [-0.25, -0.2) is 0 Å². The standard InChI is InChI=1S/C12H21NO3/c1-10(2,3)16-9(15)12-4-11(5-12,8-14)6-13-7-12/h13-14H,4-8H2,1-3H3. The molecule has 0 radical (unpaired) electrons. The van der Waals surface area contributed by atoms with Crippen molar-refractivity contribution in [2.45, 2.75) is 39.2 Å². The lowest BCUT2D eigenvalue weighted by Crippen LogP contribution is -2.66. The zero-order valence-corrected chi connectivity index (χ0v) is 10.3. The van der Waals surface area contributed by atoms with Crippen LogP contribution in [0.5, 0.6) is 0 Å². The second-order valence-corrected chi connectivity index (χ2v) is 6.40. The van der Waals surface area contributed by atoms with E-state index >= 15 is 0 Å². The number of hydrogen-bond acceptors (Lipinski definition) is 4. The number of nitrogens with one attached hydrogen (secondary N) is 1. The maximum atomic E-state index is 12.1. The molecule has 4 nitrogen and oxygen atoms in total. The molecular formula is C12H21NO3. The average Bonchev–Trinajstić information content (AvgIpc) is 2.14. The Morgan fingerprint density at radius 3 is 2.50 bits per heavy atom. The van der Waals surface area contributed by atoms with E-state index in [0.717, 1.165) is 19.4 Å². The minimum absolute atomic E-state index is 0.0743. The molecule has 0 spiro atoms. The third-order valence-electron chi connectivity index (χ3n) is 3.56. The normalized spacial score (nSPS) is 37.8. The summed E-state index contributed by atoms with van der Waals surface area (Å²) in [6, 6.07) is 0. The minimum Gasteiger partial charge on any atom is -0.460 e. The van der Waals surface area contributed by atoms with Crippen LogP contribution in [0.4, 0.5) is 0 Å². The van der Waals surface area contributed by atoms with Crippen LogP contribution in [0, 0.1) is 10.8 Å². The molecule has 4 heteroatoms. The van der Waals surface area contributed by atoms with Crippen molar-refractivity contribution in [1.29, 1.82) is 0 Å². The number of ether oxygens (including phenoxy) is 1. The molecule has 2 aliphatic heterocycles. The van der Waals surface area contributed by atoms with Gasteiger partial charge in [-0.2, -0.15) is 0 Å². The van der Waals surface area contributed by atoms with E-state index in [1.165, 1.54) is 0 Å². The van der Waals surface area contributed by atoms with E-state index in [9.17, 15) is 9.90 Å². The Kier molecular flexibility index (Phi) is 2.55. The highest BCUT2D eigenvalue weighted by Crippen LogP contribution is 2.57. The Hall–Kier alpha value is -0.610. The van der Waals surface area contributed by atoms with Crippen LogP contribution in [-0.2, 0) is 9.53 Å². The number of fused-ring (bicyclic) bond motifs is 2. The molecule has 2 heterocycles. The van der Waals surface area contributed by atoms with Crippen molar-refractivity contribution in [3.63, 3.8) is 0 Å². The third-order valence-corrected chi connectivity index (χ3v) is 3.56. The van der Waals surface area contributed by atoms with Gasteiger partial charge in [0.25, 0.3) is 0 Å². The Morgan fingerprint density at radius 2 is 2.00 bits per heavy atom. The zero-order valence-electron chi connectivity index (χ0n) is 10.3. The third kappa shape index (κ3) is 1.84. The largest absolute Gasteiger partial charge is 0.460 e. The first-order valence-electron chi connectivity index (χ1n) is 5.86. The van der Waals surface area contributed by atoms with Gasteiger partial charge in [0.2, 0.25) is 0 Å². The number of carbonyl (C=O) groups excluding carboxylic acids is 1. The summed E-state index contributed by atoms with van der Waals surface area (Å²) in [4.78, 5) is 12.1. The highest BCUT2D eigenvalue weighted by Gasteiger charge is 2.62. The fourth-order valence-corrected chi connectivity index (χ4v) is 2.97. The van der Waals surface area contributed by atoms with Crippen LogP contribution >= 0.6 is 0 Å². The summed E-state index contributed by atoms with van der Waals surface area (Å²) >= 11 is 0. The van der Waals surface area contributed by atoms with Gasteiger partial charge in [-0.15, -0.1) is 0 Å². The number of aliphatic hydroxyl groups is 1. The highest BCUT2D eigenvalue weighted by molar-refractivity contribution is 5.79. The summed E-state index contributed by atoms with van der Waals surface area (Å²) < 4.78 is 5.45. The quantitative estimate of drug-likeness (QED) is 0.681. The van der Waals surface area contributed by atoms with E-state index in [4.69, 9.17) is 4.74 Å². The van der Waals surface area contributed by atoms with Crippen LogP contribution in [0.1, 0.15) is 33.6 Å². The second kappa shape index (κ2) is 3.44. The van der Waals surface area contributed by atoms with E-state index in [1.807, 2.05) is 20.8 Å². The summed E-state index contributed by atoms with van der Waals surface area (Å²) in [6.45, 7) is 7.31. The Balaban J connectivity index is 2.03. The van der Waals surface area contributed by atoms with E-state index < -0.39 is 5.60 Å². The van der Waals surface area contributed by atoms with Gasteiger partial charge in [0.05, 0.1) is 5.41 Å². The fourth-order valence-electron chi connectivity index (χ4n) is 2.97. The molecule has 0 atom stereocenters. The number of rotatable bonds is 2. The van der Waals surface area contributed by atoms with Gasteiger partial charge < -0.3 is 15.2 Å². The van der Waals surface area contributed by atoms with Crippen LogP contribution < -0.4 is 5.32 Å². The van der Waals surface area contributed by atoms with Gasteiger partial charge in [-0.3, -0.25) is 4.79 Å². The molecule has 3 fully saturated rings. The second-order valence-electron chi connectivity index (χ2n) is 6.40. The van der Waals surface area contributed by atoms with E-state index in [1.54, 1.807) is 0 Å². The lowest BCUT2D eigenvalue weighted by molar-refractivity contribution is -0.193. The molecule has 0 aromatic rings. The van der Waals surface area contributed by atoms with Gasteiger partial charge in [0.1, 0.15) is 5.60 Å². The van der Waals surface area contributed by atoms with Gasteiger partial charge >= 0.3 is 5.97 Å². The van der Waals surface area contributed by atoms with Gasteiger partial charge in [0.15, 0.2) is 0 Å². The molecule has 0 unspecified atom stereocenters. The lowest BCUT2D eigenvalue weighted by Gasteiger charge is -2.58. The van der Waals surface area contributed by atoms with Crippen molar-refractivity contribution in [1.82, 2.24) is 5.32 Å². The predicted molar refractivity (Wildman–Crippen MR) is 59.9 cm³/mol. The molecule has 2 N–H and O–H groups in total. The van der Waals surface area contributed by atoms with Crippen LogP contribution in [-0.4, -0.2) is 36.4 Å². The van der Waals surface area contributed by atoms with Crippen molar-refractivity contribution in [3.05, 3.63) is 0 Å². The SMILES string of the molecule is CC(C)(C)OC(=O)C12CNCC(CO)(C1)C2. The monoisotopic (exact) mass is 227 g/mol. The molecule has 2 saturated heterocycles. The first-order valence-corrected chi connectivity index (χ1v) is 5.86. The Morgan fingerprint density at radius 1 is 1.38 bits per heavy atom. The minimum atomic E-state index is -0.430. The number of hydrogen-bond donors (Lipinski definition) is 2. The molecule has 2 bridgehead atoms. The predicted octanol–water partition coefficient (Wildman–Crippen LogP) is 0.690. The van der Waals surface area contributed by atoms with Crippen LogP contribution in [0.3, 0.4) is 0 Å². The van der Waals surface area contributed by atoms with Crippen LogP contribution in [0.15, 0.2) is 0 Å². The Labute approximate surface area is 96.4 Å². The maximum Gasteiger partial charge on any atom is 0.313 e. The first-order chi connectivity index (χ1) is 7.31. The zero-order chi connectivity index (χ0) is 12.0. The topological polar surface area (TPSA) is 58.6 Å². The summed E-state index contributed by atoms with van der Waals surface area (Å²) in [7, 11) is 0. The molecular weight excluding hydrogens is 206 g/mol. The van der Waals surface area contributed by atoms with Crippen molar-refractivity contribution in [2.75, 3.05) is 19.7 Å². The first kappa shape index (κ1) is 11.9. The summed E-state index contributed by atoms with van der Waals surface area (Å²) in [5.74, 6) is -0.115. The average molecular weight is 227 g/mol. The number of esters is 1.